The highest BCUT2D eigenvalue weighted by molar-refractivity contribution is 7.81. The molecule has 1 heteroatoms. The van der Waals surface area contributed by atoms with Crippen molar-refractivity contribution in [1.82, 2.24) is 0 Å². The predicted octanol–water partition coefficient (Wildman–Crippen LogP) is 7.28. The van der Waals surface area contributed by atoms with Gasteiger partial charge in [0.25, 0.3) is 0 Å². The van der Waals surface area contributed by atoms with Crippen LogP contribution in [0.3, 0.4) is 0 Å². The standard InChI is InChI=1S/C22H36S/c23-22-18-12-5-1-3-8-14-20(21-16-10-7-11-17-21)15-9-4-2-6-13-19-22/h1,5,9,12,15,18,20-23H,2-4,6-8,10-11,13-14,16-17,19H2/b5-1-,15-9-,18-12-. The summed E-state index contributed by atoms with van der Waals surface area (Å²) in [5, 5.41) is 0.429. The maximum Gasteiger partial charge on any atom is 0.0199 e. The Kier molecular flexibility index (Phi) is 9.87. The van der Waals surface area contributed by atoms with E-state index in [-0.39, 0.29) is 0 Å². The number of allylic oxidation sites excluding steroid dienone is 5. The van der Waals surface area contributed by atoms with Gasteiger partial charge < -0.3 is 0 Å². The fraction of sp³-hybridized carbons (Fsp3) is 0.727. The van der Waals surface area contributed by atoms with Gasteiger partial charge in [0.15, 0.2) is 0 Å². The molecule has 0 nitrogen and oxygen atoms in total. The molecule has 2 atom stereocenters. The van der Waals surface area contributed by atoms with Crippen LogP contribution in [0.4, 0.5) is 0 Å². The summed E-state index contributed by atoms with van der Waals surface area (Å²) in [6.45, 7) is 0. The van der Waals surface area contributed by atoms with Crippen LogP contribution >= 0.6 is 12.6 Å². The molecule has 0 amide bonds. The van der Waals surface area contributed by atoms with Crippen molar-refractivity contribution in [3.63, 3.8) is 0 Å². The second kappa shape index (κ2) is 12.0. The molecule has 0 aliphatic heterocycles. The van der Waals surface area contributed by atoms with E-state index in [1.165, 1.54) is 83.5 Å². The first-order valence-electron chi connectivity index (χ1n) is 10.0. The molecule has 0 aromatic carbocycles. The molecule has 0 aromatic heterocycles. The van der Waals surface area contributed by atoms with Gasteiger partial charge in [-0.15, -0.1) is 0 Å². The van der Waals surface area contributed by atoms with E-state index in [2.05, 4.69) is 49.1 Å². The molecule has 0 aromatic rings. The normalized spacial score (nSPS) is 33.8. The van der Waals surface area contributed by atoms with Crippen LogP contribution in [0, 0.1) is 11.8 Å². The molecular formula is C22H36S. The zero-order valence-electron chi connectivity index (χ0n) is 14.8. The minimum absolute atomic E-state index is 0.429. The topological polar surface area (TPSA) is 0 Å². The Morgan fingerprint density at radius 3 is 2.22 bits per heavy atom. The van der Waals surface area contributed by atoms with Gasteiger partial charge in [-0.05, 0) is 63.2 Å². The lowest BCUT2D eigenvalue weighted by Crippen LogP contribution is -2.16. The molecule has 2 aliphatic rings. The molecule has 2 unspecified atom stereocenters. The van der Waals surface area contributed by atoms with Crippen molar-refractivity contribution in [2.75, 3.05) is 0 Å². The smallest absolute Gasteiger partial charge is 0.0199 e. The molecule has 2 aliphatic carbocycles. The lowest BCUT2D eigenvalue weighted by Gasteiger charge is -2.28. The van der Waals surface area contributed by atoms with Crippen LogP contribution in [-0.4, -0.2) is 5.25 Å². The molecule has 0 heterocycles. The monoisotopic (exact) mass is 332 g/mol. The Morgan fingerprint density at radius 1 is 0.609 bits per heavy atom. The molecule has 0 radical (unpaired) electrons. The van der Waals surface area contributed by atoms with E-state index >= 15 is 0 Å². The summed E-state index contributed by atoms with van der Waals surface area (Å²) in [6.07, 6.45) is 31.8. The van der Waals surface area contributed by atoms with Gasteiger partial charge in [-0.1, -0.05) is 68.6 Å². The Bertz CT molecular complexity index is 373. The summed E-state index contributed by atoms with van der Waals surface area (Å²) in [6, 6.07) is 0. The van der Waals surface area contributed by atoms with Crippen molar-refractivity contribution in [2.24, 2.45) is 11.8 Å². The summed E-state index contributed by atoms with van der Waals surface area (Å²) in [4.78, 5) is 0. The van der Waals surface area contributed by atoms with Gasteiger partial charge in [0, 0.05) is 5.25 Å². The van der Waals surface area contributed by atoms with Crippen molar-refractivity contribution in [2.45, 2.75) is 88.7 Å². The Labute approximate surface area is 149 Å². The van der Waals surface area contributed by atoms with Crippen LogP contribution in [0.2, 0.25) is 0 Å². The van der Waals surface area contributed by atoms with E-state index in [4.69, 9.17) is 0 Å². The number of hydrogen-bond donors (Lipinski definition) is 1. The van der Waals surface area contributed by atoms with Crippen LogP contribution in [-0.2, 0) is 0 Å². The largest absolute Gasteiger partial charge is 0.172 e. The second-order valence-electron chi connectivity index (χ2n) is 7.44. The molecular weight excluding hydrogens is 296 g/mol. The average Bonchev–Trinajstić information content (AvgIpc) is 2.58. The fourth-order valence-electron chi connectivity index (χ4n) is 4.05. The first-order chi connectivity index (χ1) is 11.4. The molecule has 130 valence electrons. The fourth-order valence-corrected chi connectivity index (χ4v) is 4.33. The van der Waals surface area contributed by atoms with Gasteiger partial charge in [-0.3, -0.25) is 0 Å². The van der Waals surface area contributed by atoms with Gasteiger partial charge in [0.2, 0.25) is 0 Å². The first kappa shape index (κ1) is 18.9. The van der Waals surface area contributed by atoms with Crippen LogP contribution in [0.5, 0.6) is 0 Å². The summed E-state index contributed by atoms with van der Waals surface area (Å²) >= 11 is 4.65. The first-order valence-corrected chi connectivity index (χ1v) is 10.6. The summed E-state index contributed by atoms with van der Waals surface area (Å²) < 4.78 is 0. The molecule has 2 rings (SSSR count). The SMILES string of the molecule is SC1/C=C\C=C/CCCC(C2CCCCC2)/C=C\CCCCC1. The highest BCUT2D eigenvalue weighted by atomic mass is 32.1. The summed E-state index contributed by atoms with van der Waals surface area (Å²) in [7, 11) is 0. The molecule has 1 fully saturated rings. The third-order valence-electron chi connectivity index (χ3n) is 5.50. The van der Waals surface area contributed by atoms with Crippen LogP contribution in [0.25, 0.3) is 0 Å². The number of hydrogen-bond acceptors (Lipinski definition) is 1. The molecule has 0 saturated heterocycles. The van der Waals surface area contributed by atoms with E-state index in [0.29, 0.717) is 5.25 Å². The van der Waals surface area contributed by atoms with Crippen molar-refractivity contribution in [3.8, 4) is 0 Å². The van der Waals surface area contributed by atoms with Crippen molar-refractivity contribution < 1.29 is 0 Å². The van der Waals surface area contributed by atoms with Gasteiger partial charge in [-0.2, -0.15) is 12.6 Å². The maximum absolute atomic E-state index is 4.65. The van der Waals surface area contributed by atoms with E-state index in [0.717, 1.165) is 11.8 Å². The van der Waals surface area contributed by atoms with E-state index < -0.39 is 0 Å². The molecule has 0 spiro atoms. The Hall–Kier alpha value is -0.430. The highest BCUT2D eigenvalue weighted by Gasteiger charge is 2.20. The van der Waals surface area contributed by atoms with Crippen LogP contribution < -0.4 is 0 Å². The summed E-state index contributed by atoms with van der Waals surface area (Å²) in [5.74, 6) is 1.81. The van der Waals surface area contributed by atoms with Gasteiger partial charge in [-0.25, -0.2) is 0 Å². The van der Waals surface area contributed by atoms with E-state index in [9.17, 15) is 0 Å². The maximum atomic E-state index is 4.65. The summed E-state index contributed by atoms with van der Waals surface area (Å²) in [5.41, 5.74) is 0. The van der Waals surface area contributed by atoms with Crippen molar-refractivity contribution >= 4 is 12.6 Å². The molecule has 23 heavy (non-hydrogen) atoms. The quantitative estimate of drug-likeness (QED) is 0.378. The predicted molar refractivity (Wildman–Crippen MR) is 107 cm³/mol. The Morgan fingerprint density at radius 2 is 1.35 bits per heavy atom. The lowest BCUT2D eigenvalue weighted by molar-refractivity contribution is 0.272. The third kappa shape index (κ3) is 8.29. The average molecular weight is 333 g/mol. The molecule has 1 saturated carbocycles. The van der Waals surface area contributed by atoms with Crippen LogP contribution in [0.15, 0.2) is 36.5 Å². The van der Waals surface area contributed by atoms with E-state index in [1.54, 1.807) is 0 Å². The minimum atomic E-state index is 0.429. The lowest BCUT2D eigenvalue weighted by atomic mass is 9.77. The molecule has 0 bridgehead atoms. The molecule has 0 N–H and O–H groups in total. The minimum Gasteiger partial charge on any atom is -0.172 e. The van der Waals surface area contributed by atoms with Crippen LogP contribution in [0.1, 0.15) is 83.5 Å². The van der Waals surface area contributed by atoms with Crippen molar-refractivity contribution in [1.29, 1.82) is 0 Å². The highest BCUT2D eigenvalue weighted by Crippen LogP contribution is 2.33. The zero-order chi connectivity index (χ0) is 16.2. The van der Waals surface area contributed by atoms with E-state index in [1.807, 2.05) is 0 Å². The van der Waals surface area contributed by atoms with Gasteiger partial charge in [0.05, 0.1) is 0 Å². The number of thiol groups is 1. The second-order valence-corrected chi connectivity index (χ2v) is 8.10. The van der Waals surface area contributed by atoms with Gasteiger partial charge in [0.1, 0.15) is 0 Å². The van der Waals surface area contributed by atoms with Crippen molar-refractivity contribution in [3.05, 3.63) is 36.5 Å². The van der Waals surface area contributed by atoms with Gasteiger partial charge >= 0.3 is 0 Å². The zero-order valence-corrected chi connectivity index (χ0v) is 15.7. The third-order valence-corrected chi connectivity index (χ3v) is 5.93. The Balaban J connectivity index is 1.88. The number of rotatable bonds is 1.